The number of hydrogen-bond donors (Lipinski definition) is 1. The van der Waals surface area contributed by atoms with Crippen LogP contribution in [-0.2, 0) is 9.47 Å². The SMILES string of the molecule is O[C@@]12O[C@@]34CCCC[C@@H]3C[C@]13CC[C@H]2C[C@H]1CCCC[C@]13O4. The Morgan fingerprint density at radius 3 is 2.50 bits per heavy atom. The van der Waals surface area contributed by atoms with Crippen molar-refractivity contribution in [1.29, 1.82) is 0 Å². The second-order valence-electron chi connectivity index (χ2n) is 9.24. The van der Waals surface area contributed by atoms with E-state index in [1.54, 1.807) is 0 Å². The summed E-state index contributed by atoms with van der Waals surface area (Å²) in [5, 5.41) is 11.7. The minimum Gasteiger partial charge on any atom is -0.365 e. The fourth-order valence-corrected chi connectivity index (χ4v) is 8.04. The molecule has 3 nitrogen and oxygen atoms in total. The number of ether oxygens (including phenoxy) is 2. The van der Waals surface area contributed by atoms with Gasteiger partial charge in [0.05, 0.1) is 11.0 Å². The van der Waals surface area contributed by atoms with Gasteiger partial charge in [0.2, 0.25) is 0 Å². The monoisotopic (exact) mass is 304 g/mol. The first-order valence-corrected chi connectivity index (χ1v) is 9.77. The average Bonchev–Trinajstić information content (AvgIpc) is 2.70. The Labute approximate surface area is 132 Å². The van der Waals surface area contributed by atoms with E-state index in [-0.39, 0.29) is 11.0 Å². The predicted molar refractivity (Wildman–Crippen MR) is 80.9 cm³/mol. The molecule has 0 aromatic carbocycles. The summed E-state index contributed by atoms with van der Waals surface area (Å²) < 4.78 is 13.6. The van der Waals surface area contributed by atoms with Crippen molar-refractivity contribution in [2.24, 2.45) is 23.2 Å². The van der Waals surface area contributed by atoms with Gasteiger partial charge >= 0.3 is 0 Å². The van der Waals surface area contributed by atoms with Crippen LogP contribution in [0.1, 0.15) is 77.0 Å². The van der Waals surface area contributed by atoms with Crippen molar-refractivity contribution in [1.82, 2.24) is 0 Å². The highest BCUT2D eigenvalue weighted by molar-refractivity contribution is 5.27. The van der Waals surface area contributed by atoms with Crippen molar-refractivity contribution in [3.05, 3.63) is 0 Å². The molecule has 0 unspecified atom stereocenters. The lowest BCUT2D eigenvalue weighted by Gasteiger charge is -2.75. The largest absolute Gasteiger partial charge is 0.365 e. The van der Waals surface area contributed by atoms with Gasteiger partial charge in [-0.2, -0.15) is 0 Å². The van der Waals surface area contributed by atoms with E-state index < -0.39 is 11.6 Å². The highest BCUT2D eigenvalue weighted by Gasteiger charge is 2.84. The molecule has 3 heterocycles. The van der Waals surface area contributed by atoms with Gasteiger partial charge in [0.25, 0.3) is 0 Å². The second kappa shape index (κ2) is 3.75. The van der Waals surface area contributed by atoms with E-state index in [1.165, 1.54) is 51.4 Å². The number of hydrogen-bond acceptors (Lipinski definition) is 3. The van der Waals surface area contributed by atoms with Crippen LogP contribution in [0.2, 0.25) is 0 Å². The van der Waals surface area contributed by atoms with Crippen LogP contribution in [0, 0.1) is 23.2 Å². The van der Waals surface area contributed by atoms with E-state index in [4.69, 9.17) is 9.47 Å². The third kappa shape index (κ3) is 1.14. The van der Waals surface area contributed by atoms with Crippen molar-refractivity contribution >= 4 is 0 Å². The smallest absolute Gasteiger partial charge is 0.180 e. The lowest BCUT2D eigenvalue weighted by molar-refractivity contribution is -0.548. The predicted octanol–water partition coefficient (Wildman–Crippen LogP) is 3.74. The molecular weight excluding hydrogens is 276 g/mol. The first kappa shape index (κ1) is 13.2. The summed E-state index contributed by atoms with van der Waals surface area (Å²) in [7, 11) is 0. The van der Waals surface area contributed by atoms with E-state index in [1.807, 2.05) is 0 Å². The van der Waals surface area contributed by atoms with Gasteiger partial charge in [-0.15, -0.1) is 0 Å². The summed E-state index contributed by atoms with van der Waals surface area (Å²) in [5.74, 6) is 0.275. The molecule has 0 radical (unpaired) electrons. The second-order valence-corrected chi connectivity index (χ2v) is 9.24. The molecule has 4 aliphatic carbocycles. The Balaban J connectivity index is 1.58. The summed E-state index contributed by atoms with van der Waals surface area (Å²) in [6.45, 7) is 0. The van der Waals surface area contributed by atoms with Gasteiger partial charge in [-0.1, -0.05) is 19.3 Å². The van der Waals surface area contributed by atoms with Crippen molar-refractivity contribution in [3.8, 4) is 0 Å². The molecule has 3 aliphatic heterocycles. The molecule has 122 valence electrons. The average molecular weight is 304 g/mol. The van der Waals surface area contributed by atoms with Gasteiger partial charge in [-0.3, -0.25) is 0 Å². The normalized spacial score (nSPS) is 65.0. The van der Waals surface area contributed by atoms with Crippen LogP contribution in [0.25, 0.3) is 0 Å². The topological polar surface area (TPSA) is 38.7 Å². The van der Waals surface area contributed by atoms with Gasteiger partial charge in [0, 0.05) is 18.3 Å². The van der Waals surface area contributed by atoms with E-state index in [0.29, 0.717) is 17.8 Å². The molecule has 0 amide bonds. The Kier molecular flexibility index (Phi) is 2.25. The van der Waals surface area contributed by atoms with Gasteiger partial charge in [0.1, 0.15) is 0 Å². The standard InChI is InChI=1S/C19H28O3/c20-19-14-7-10-16(19)12-15-6-2-4-9-18(15,22-19)21-17(16)8-3-1-5-13(17)11-14/h13-15,20H,1-12H2/t13-,14+,15-,16+,17+,18+,19+/m1/s1. The molecule has 5 bridgehead atoms. The molecule has 3 spiro atoms. The summed E-state index contributed by atoms with van der Waals surface area (Å²) in [6, 6.07) is 0. The number of aliphatic hydroxyl groups is 1. The van der Waals surface area contributed by atoms with Crippen molar-refractivity contribution < 1.29 is 14.6 Å². The van der Waals surface area contributed by atoms with Gasteiger partial charge in [0.15, 0.2) is 11.6 Å². The quantitative estimate of drug-likeness (QED) is 0.741. The maximum Gasteiger partial charge on any atom is 0.180 e. The molecule has 0 aromatic heterocycles. The highest BCUT2D eigenvalue weighted by Crippen LogP contribution is 2.78. The molecule has 3 saturated heterocycles. The summed E-state index contributed by atoms with van der Waals surface area (Å²) >= 11 is 0. The Morgan fingerprint density at radius 2 is 1.59 bits per heavy atom. The van der Waals surface area contributed by atoms with E-state index >= 15 is 0 Å². The molecule has 1 N–H and O–H groups in total. The fraction of sp³-hybridized carbons (Fsp3) is 1.00. The molecule has 3 heteroatoms. The summed E-state index contributed by atoms with van der Waals surface area (Å²) in [6.07, 6.45) is 14.5. The zero-order chi connectivity index (χ0) is 14.6. The highest BCUT2D eigenvalue weighted by atomic mass is 16.8. The summed E-state index contributed by atoms with van der Waals surface area (Å²) in [5.41, 5.74) is -0.142. The van der Waals surface area contributed by atoms with E-state index in [0.717, 1.165) is 25.7 Å². The van der Waals surface area contributed by atoms with Crippen molar-refractivity contribution in [3.63, 3.8) is 0 Å². The minimum absolute atomic E-state index is 0.0565. The minimum atomic E-state index is -0.868. The molecule has 7 aliphatic rings. The van der Waals surface area contributed by atoms with Crippen molar-refractivity contribution in [2.45, 2.75) is 94.2 Å². The molecule has 4 saturated carbocycles. The van der Waals surface area contributed by atoms with Gasteiger partial charge < -0.3 is 14.6 Å². The third-order valence-corrected chi connectivity index (χ3v) is 8.78. The Bertz CT molecular complexity index is 535. The summed E-state index contributed by atoms with van der Waals surface area (Å²) in [4.78, 5) is 0. The lowest BCUT2D eigenvalue weighted by atomic mass is 9.46. The van der Waals surface area contributed by atoms with E-state index in [2.05, 4.69) is 0 Å². The zero-order valence-electron chi connectivity index (χ0n) is 13.5. The fourth-order valence-electron chi connectivity index (χ4n) is 8.04. The van der Waals surface area contributed by atoms with Gasteiger partial charge in [-0.25, -0.2) is 0 Å². The van der Waals surface area contributed by atoms with Crippen LogP contribution in [-0.4, -0.2) is 22.3 Å². The van der Waals surface area contributed by atoms with Crippen LogP contribution < -0.4 is 0 Å². The van der Waals surface area contributed by atoms with E-state index in [9.17, 15) is 5.11 Å². The number of rotatable bonds is 0. The van der Waals surface area contributed by atoms with Crippen LogP contribution in [0.4, 0.5) is 0 Å². The maximum absolute atomic E-state index is 11.7. The zero-order valence-corrected chi connectivity index (χ0v) is 13.5. The Morgan fingerprint density at radius 1 is 0.773 bits per heavy atom. The lowest BCUT2D eigenvalue weighted by Crippen LogP contribution is -2.82. The van der Waals surface area contributed by atoms with Crippen LogP contribution in [0.15, 0.2) is 0 Å². The Hall–Kier alpha value is -0.120. The molecular formula is C19H28O3. The maximum atomic E-state index is 11.7. The third-order valence-electron chi connectivity index (χ3n) is 8.78. The van der Waals surface area contributed by atoms with Crippen molar-refractivity contribution in [2.75, 3.05) is 0 Å². The first-order chi connectivity index (χ1) is 10.6. The van der Waals surface area contributed by atoms with Crippen LogP contribution in [0.3, 0.4) is 0 Å². The van der Waals surface area contributed by atoms with Gasteiger partial charge in [-0.05, 0) is 57.3 Å². The molecule has 7 atom stereocenters. The molecule has 7 fully saturated rings. The molecule has 0 aromatic rings. The first-order valence-electron chi connectivity index (χ1n) is 9.77. The van der Waals surface area contributed by atoms with Crippen LogP contribution in [0.5, 0.6) is 0 Å². The molecule has 7 rings (SSSR count). The molecule has 22 heavy (non-hydrogen) atoms. The van der Waals surface area contributed by atoms with Crippen LogP contribution >= 0.6 is 0 Å².